The number of esters is 2. The van der Waals surface area contributed by atoms with Crippen LogP contribution in [-0.4, -0.2) is 31.2 Å². The van der Waals surface area contributed by atoms with Gasteiger partial charge in [0.2, 0.25) is 0 Å². The lowest BCUT2D eigenvalue weighted by Gasteiger charge is -2.09. The Kier molecular flexibility index (Phi) is 4.73. The predicted molar refractivity (Wildman–Crippen MR) is 57.5 cm³/mol. The quantitative estimate of drug-likeness (QED) is 0.670. The Bertz CT molecular complexity index is 267. The van der Waals surface area contributed by atoms with Gasteiger partial charge in [-0.15, -0.1) is 0 Å². The molecule has 1 aliphatic rings. The van der Waals surface area contributed by atoms with Crippen molar-refractivity contribution in [3.05, 3.63) is 0 Å². The third kappa shape index (κ3) is 3.48. The van der Waals surface area contributed by atoms with Gasteiger partial charge in [0.1, 0.15) is 6.04 Å². The molecule has 0 aromatic rings. The number of hydrogen-bond acceptors (Lipinski definition) is 5. The van der Waals surface area contributed by atoms with Crippen molar-refractivity contribution < 1.29 is 19.1 Å². The fraction of sp³-hybridized carbons (Fsp3) is 0.818. The Morgan fingerprint density at radius 2 is 1.94 bits per heavy atom. The summed E-state index contributed by atoms with van der Waals surface area (Å²) in [5.41, 5.74) is 5.65. The average Bonchev–Trinajstić information content (AvgIpc) is 2.98. The van der Waals surface area contributed by atoms with E-state index in [1.807, 2.05) is 0 Å². The maximum absolute atomic E-state index is 11.3. The molecule has 16 heavy (non-hydrogen) atoms. The minimum atomic E-state index is -0.621. The van der Waals surface area contributed by atoms with Crippen LogP contribution in [0.4, 0.5) is 0 Å². The van der Waals surface area contributed by atoms with Gasteiger partial charge in [0.05, 0.1) is 19.1 Å². The lowest BCUT2D eigenvalue weighted by Crippen LogP contribution is -2.33. The van der Waals surface area contributed by atoms with Gasteiger partial charge in [0, 0.05) is 0 Å². The van der Waals surface area contributed by atoms with Gasteiger partial charge in [-0.1, -0.05) is 0 Å². The van der Waals surface area contributed by atoms with E-state index in [4.69, 9.17) is 15.2 Å². The summed E-state index contributed by atoms with van der Waals surface area (Å²) in [7, 11) is 0. The van der Waals surface area contributed by atoms with Gasteiger partial charge in [0.25, 0.3) is 0 Å². The Labute approximate surface area is 95.3 Å². The molecule has 0 aromatic carbocycles. The summed E-state index contributed by atoms with van der Waals surface area (Å²) < 4.78 is 9.69. The first kappa shape index (κ1) is 13.0. The predicted octanol–water partition coefficient (Wildman–Crippen LogP) is 0.466. The molecule has 2 N–H and O–H groups in total. The van der Waals surface area contributed by atoms with Crippen LogP contribution in [0.1, 0.15) is 26.7 Å². The average molecular weight is 229 g/mol. The Morgan fingerprint density at radius 1 is 1.31 bits per heavy atom. The van der Waals surface area contributed by atoms with Gasteiger partial charge in [0.15, 0.2) is 0 Å². The Balaban J connectivity index is 2.25. The molecule has 5 nitrogen and oxygen atoms in total. The van der Waals surface area contributed by atoms with E-state index in [2.05, 4.69) is 0 Å². The van der Waals surface area contributed by atoms with E-state index in [1.54, 1.807) is 13.8 Å². The highest BCUT2D eigenvalue weighted by molar-refractivity contribution is 5.77. The van der Waals surface area contributed by atoms with E-state index in [9.17, 15) is 9.59 Å². The SMILES string of the molecule is CCOC(=O)[C@H](N)C[C@H]1C[C@@H]1C(=O)OCC. The lowest BCUT2D eigenvalue weighted by molar-refractivity contribution is -0.147. The first-order valence-corrected chi connectivity index (χ1v) is 5.69. The van der Waals surface area contributed by atoms with Crippen LogP contribution in [0.3, 0.4) is 0 Å². The third-order valence-corrected chi connectivity index (χ3v) is 2.66. The van der Waals surface area contributed by atoms with Crippen molar-refractivity contribution in [2.24, 2.45) is 17.6 Å². The zero-order valence-corrected chi connectivity index (χ0v) is 9.77. The molecule has 1 aliphatic carbocycles. The van der Waals surface area contributed by atoms with Crippen LogP contribution in [-0.2, 0) is 19.1 Å². The smallest absolute Gasteiger partial charge is 0.322 e. The number of hydrogen-bond donors (Lipinski definition) is 1. The number of rotatable bonds is 6. The maximum atomic E-state index is 11.3. The first-order chi connectivity index (χ1) is 7.60. The fourth-order valence-electron chi connectivity index (χ4n) is 1.72. The standard InChI is InChI=1S/C11H19NO4/c1-3-15-10(13)8-5-7(8)6-9(12)11(14)16-4-2/h7-9H,3-6,12H2,1-2H3/t7-,8+,9-/m1/s1. The van der Waals surface area contributed by atoms with Gasteiger partial charge in [-0.05, 0) is 32.6 Å². The van der Waals surface area contributed by atoms with E-state index in [-0.39, 0.29) is 17.8 Å². The van der Waals surface area contributed by atoms with Crippen LogP contribution >= 0.6 is 0 Å². The summed E-state index contributed by atoms with van der Waals surface area (Å²) in [6.07, 6.45) is 1.27. The molecule has 0 spiro atoms. The zero-order chi connectivity index (χ0) is 12.1. The lowest BCUT2D eigenvalue weighted by atomic mass is 10.1. The summed E-state index contributed by atoms with van der Waals surface area (Å²) in [6, 6.07) is -0.621. The highest BCUT2D eigenvalue weighted by Gasteiger charge is 2.45. The van der Waals surface area contributed by atoms with Crippen molar-refractivity contribution in [1.29, 1.82) is 0 Å². The van der Waals surface area contributed by atoms with Crippen molar-refractivity contribution >= 4 is 11.9 Å². The molecule has 0 heterocycles. The minimum Gasteiger partial charge on any atom is -0.466 e. The first-order valence-electron chi connectivity index (χ1n) is 5.69. The molecular weight excluding hydrogens is 210 g/mol. The largest absolute Gasteiger partial charge is 0.466 e. The molecule has 0 aromatic heterocycles. The summed E-state index contributed by atoms with van der Waals surface area (Å²) >= 11 is 0. The molecule has 0 unspecified atom stereocenters. The zero-order valence-electron chi connectivity index (χ0n) is 9.77. The molecule has 1 rings (SSSR count). The number of nitrogens with two attached hydrogens (primary N) is 1. The van der Waals surface area contributed by atoms with Crippen LogP contribution < -0.4 is 5.73 Å². The minimum absolute atomic E-state index is 0.0690. The van der Waals surface area contributed by atoms with Crippen molar-refractivity contribution in [3.63, 3.8) is 0 Å². The monoisotopic (exact) mass is 229 g/mol. The van der Waals surface area contributed by atoms with E-state index < -0.39 is 12.0 Å². The van der Waals surface area contributed by atoms with Gasteiger partial charge in [-0.25, -0.2) is 0 Å². The topological polar surface area (TPSA) is 78.6 Å². The van der Waals surface area contributed by atoms with E-state index in [0.717, 1.165) is 6.42 Å². The Hall–Kier alpha value is -1.10. The molecule has 1 saturated carbocycles. The van der Waals surface area contributed by atoms with Crippen molar-refractivity contribution in [2.75, 3.05) is 13.2 Å². The molecule has 92 valence electrons. The molecule has 3 atom stereocenters. The van der Waals surface area contributed by atoms with Crippen molar-refractivity contribution in [3.8, 4) is 0 Å². The molecule has 0 bridgehead atoms. The highest BCUT2D eigenvalue weighted by Crippen LogP contribution is 2.42. The second-order valence-electron chi connectivity index (χ2n) is 3.95. The van der Waals surface area contributed by atoms with Crippen LogP contribution in [0.25, 0.3) is 0 Å². The Morgan fingerprint density at radius 3 is 2.50 bits per heavy atom. The molecule has 0 saturated heterocycles. The van der Waals surface area contributed by atoms with Crippen LogP contribution in [0.5, 0.6) is 0 Å². The normalized spacial score (nSPS) is 24.7. The van der Waals surface area contributed by atoms with Crippen LogP contribution in [0.2, 0.25) is 0 Å². The summed E-state index contributed by atoms with van der Waals surface area (Å²) in [5.74, 6) is -0.459. The van der Waals surface area contributed by atoms with Crippen molar-refractivity contribution in [1.82, 2.24) is 0 Å². The number of ether oxygens (including phenoxy) is 2. The van der Waals surface area contributed by atoms with E-state index in [1.165, 1.54) is 0 Å². The fourth-order valence-corrected chi connectivity index (χ4v) is 1.72. The number of carbonyl (C=O) groups excluding carboxylic acids is 2. The number of carbonyl (C=O) groups is 2. The third-order valence-electron chi connectivity index (χ3n) is 2.66. The van der Waals surface area contributed by atoms with Gasteiger partial charge in [-0.2, -0.15) is 0 Å². The second kappa shape index (κ2) is 5.84. The van der Waals surface area contributed by atoms with Gasteiger partial charge in [-0.3, -0.25) is 9.59 Å². The van der Waals surface area contributed by atoms with Crippen LogP contribution in [0.15, 0.2) is 0 Å². The molecule has 0 amide bonds. The summed E-state index contributed by atoms with van der Waals surface area (Å²) in [6.45, 7) is 4.24. The van der Waals surface area contributed by atoms with Gasteiger partial charge < -0.3 is 15.2 Å². The summed E-state index contributed by atoms with van der Waals surface area (Å²) in [4.78, 5) is 22.6. The molecule has 5 heteroatoms. The molecule has 1 fully saturated rings. The van der Waals surface area contributed by atoms with Gasteiger partial charge >= 0.3 is 11.9 Å². The maximum Gasteiger partial charge on any atom is 0.322 e. The van der Waals surface area contributed by atoms with E-state index in [0.29, 0.717) is 19.6 Å². The van der Waals surface area contributed by atoms with Crippen LogP contribution in [0, 0.1) is 11.8 Å². The van der Waals surface area contributed by atoms with Crippen molar-refractivity contribution in [2.45, 2.75) is 32.7 Å². The van der Waals surface area contributed by atoms with E-state index >= 15 is 0 Å². The second-order valence-corrected chi connectivity index (χ2v) is 3.95. The molecule has 0 radical (unpaired) electrons. The summed E-state index contributed by atoms with van der Waals surface area (Å²) in [5, 5.41) is 0. The highest BCUT2D eigenvalue weighted by atomic mass is 16.5. The molecule has 0 aliphatic heterocycles. The molecular formula is C11H19NO4.